The number of anilines is 1. The van der Waals surface area contributed by atoms with Crippen LogP contribution in [0.15, 0.2) is 24.3 Å². The highest BCUT2D eigenvalue weighted by atomic mass is 16.3. The lowest BCUT2D eigenvalue weighted by atomic mass is 10.1. The molecule has 2 rings (SSSR count). The first-order valence-corrected chi connectivity index (χ1v) is 6.83. The Morgan fingerprint density at radius 3 is 2.53 bits per heavy atom. The minimum atomic E-state index is -0.191. The molecular formula is C15H23NO. The van der Waals surface area contributed by atoms with Crippen molar-refractivity contribution in [2.75, 3.05) is 5.32 Å². The van der Waals surface area contributed by atoms with E-state index < -0.39 is 0 Å². The molecule has 1 fully saturated rings. The van der Waals surface area contributed by atoms with Crippen LogP contribution < -0.4 is 5.32 Å². The fraction of sp³-hybridized carbons (Fsp3) is 0.600. The van der Waals surface area contributed by atoms with Gasteiger partial charge in [-0.15, -0.1) is 0 Å². The molecule has 1 aromatic rings. The standard InChI is InChI=1S/C15H23NO/c1-2-12-8-10-13(11-9-12)16-14-6-4-3-5-7-15(14)17/h8-11,14-17H,2-7H2,1H3. The van der Waals surface area contributed by atoms with E-state index in [4.69, 9.17) is 0 Å². The summed E-state index contributed by atoms with van der Waals surface area (Å²) in [5, 5.41) is 13.5. The van der Waals surface area contributed by atoms with Gasteiger partial charge >= 0.3 is 0 Å². The van der Waals surface area contributed by atoms with Gasteiger partial charge in [-0.3, -0.25) is 0 Å². The third-order valence-electron chi connectivity index (χ3n) is 3.69. The van der Waals surface area contributed by atoms with E-state index in [9.17, 15) is 5.11 Å². The van der Waals surface area contributed by atoms with Crippen LogP contribution in [0.25, 0.3) is 0 Å². The summed E-state index contributed by atoms with van der Waals surface area (Å²) in [6, 6.07) is 8.79. The fourth-order valence-corrected chi connectivity index (χ4v) is 2.51. The van der Waals surface area contributed by atoms with Gasteiger partial charge in [0.05, 0.1) is 12.1 Å². The summed E-state index contributed by atoms with van der Waals surface area (Å²) in [7, 11) is 0. The van der Waals surface area contributed by atoms with Crippen molar-refractivity contribution in [3.05, 3.63) is 29.8 Å². The lowest BCUT2D eigenvalue weighted by Crippen LogP contribution is -2.32. The van der Waals surface area contributed by atoms with Gasteiger partial charge in [-0.2, -0.15) is 0 Å². The Morgan fingerprint density at radius 1 is 1.12 bits per heavy atom. The Hall–Kier alpha value is -1.02. The van der Waals surface area contributed by atoms with Crippen LogP contribution in [0.4, 0.5) is 5.69 Å². The molecule has 1 aliphatic rings. The third-order valence-corrected chi connectivity index (χ3v) is 3.69. The van der Waals surface area contributed by atoms with Crippen LogP contribution in [0.1, 0.15) is 44.6 Å². The average Bonchev–Trinajstić information content (AvgIpc) is 2.56. The molecule has 0 heterocycles. The molecule has 2 nitrogen and oxygen atoms in total. The summed E-state index contributed by atoms with van der Waals surface area (Å²) in [5.74, 6) is 0. The Balaban J connectivity index is 1.98. The predicted molar refractivity (Wildman–Crippen MR) is 72.3 cm³/mol. The van der Waals surface area contributed by atoms with E-state index in [1.54, 1.807) is 0 Å². The molecule has 0 spiro atoms. The molecule has 1 saturated carbocycles. The lowest BCUT2D eigenvalue weighted by molar-refractivity contribution is 0.144. The van der Waals surface area contributed by atoms with Crippen molar-refractivity contribution >= 4 is 5.69 Å². The molecule has 0 aromatic heterocycles. The highest BCUT2D eigenvalue weighted by Crippen LogP contribution is 2.22. The highest BCUT2D eigenvalue weighted by molar-refractivity contribution is 5.45. The number of aliphatic hydroxyl groups excluding tert-OH is 1. The zero-order valence-corrected chi connectivity index (χ0v) is 10.7. The van der Waals surface area contributed by atoms with Gasteiger partial charge in [-0.1, -0.05) is 38.3 Å². The van der Waals surface area contributed by atoms with Crippen LogP contribution in [0.2, 0.25) is 0 Å². The van der Waals surface area contributed by atoms with Crippen LogP contribution in [0, 0.1) is 0 Å². The van der Waals surface area contributed by atoms with Crippen molar-refractivity contribution in [1.29, 1.82) is 0 Å². The Labute approximate surface area is 104 Å². The van der Waals surface area contributed by atoms with Crippen LogP contribution in [0.3, 0.4) is 0 Å². The zero-order chi connectivity index (χ0) is 12.1. The molecule has 0 amide bonds. The number of aryl methyl sites for hydroxylation is 1. The third kappa shape index (κ3) is 3.47. The minimum absolute atomic E-state index is 0.191. The molecule has 0 radical (unpaired) electrons. The number of hydrogen-bond acceptors (Lipinski definition) is 2. The molecule has 2 heteroatoms. The van der Waals surface area contributed by atoms with Gasteiger partial charge < -0.3 is 10.4 Å². The zero-order valence-electron chi connectivity index (χ0n) is 10.7. The van der Waals surface area contributed by atoms with Crippen LogP contribution in [-0.4, -0.2) is 17.3 Å². The van der Waals surface area contributed by atoms with Gasteiger partial charge in [-0.05, 0) is 37.0 Å². The van der Waals surface area contributed by atoms with Gasteiger partial charge in [0.1, 0.15) is 0 Å². The van der Waals surface area contributed by atoms with Gasteiger partial charge in [0.15, 0.2) is 0 Å². The van der Waals surface area contributed by atoms with Crippen LogP contribution >= 0.6 is 0 Å². The predicted octanol–water partition coefficient (Wildman–Crippen LogP) is 3.35. The Kier molecular flexibility index (Phi) is 4.43. The second-order valence-corrected chi connectivity index (χ2v) is 5.01. The van der Waals surface area contributed by atoms with Crippen molar-refractivity contribution < 1.29 is 5.11 Å². The fourth-order valence-electron chi connectivity index (χ4n) is 2.51. The van der Waals surface area contributed by atoms with E-state index in [1.165, 1.54) is 18.4 Å². The summed E-state index contributed by atoms with van der Waals surface area (Å²) in [4.78, 5) is 0. The summed E-state index contributed by atoms with van der Waals surface area (Å²) in [6.45, 7) is 2.16. The molecule has 0 saturated heterocycles. The smallest absolute Gasteiger partial charge is 0.0741 e. The highest BCUT2D eigenvalue weighted by Gasteiger charge is 2.20. The molecular weight excluding hydrogens is 210 g/mol. The largest absolute Gasteiger partial charge is 0.391 e. The van der Waals surface area contributed by atoms with Crippen LogP contribution in [-0.2, 0) is 6.42 Å². The molecule has 94 valence electrons. The molecule has 17 heavy (non-hydrogen) atoms. The Bertz CT molecular complexity index is 333. The first-order chi connectivity index (χ1) is 8.29. The normalized spacial score (nSPS) is 25.3. The first kappa shape index (κ1) is 12.4. The molecule has 2 unspecified atom stereocenters. The minimum Gasteiger partial charge on any atom is -0.391 e. The molecule has 1 aliphatic carbocycles. The summed E-state index contributed by atoms with van der Waals surface area (Å²) in [5.41, 5.74) is 2.49. The number of hydrogen-bond donors (Lipinski definition) is 2. The molecule has 0 bridgehead atoms. The second-order valence-electron chi connectivity index (χ2n) is 5.01. The van der Waals surface area contributed by atoms with E-state index in [0.29, 0.717) is 0 Å². The quantitative estimate of drug-likeness (QED) is 0.785. The van der Waals surface area contributed by atoms with Gasteiger partial charge in [0.2, 0.25) is 0 Å². The van der Waals surface area contributed by atoms with E-state index in [2.05, 4.69) is 36.5 Å². The van der Waals surface area contributed by atoms with E-state index >= 15 is 0 Å². The Morgan fingerprint density at radius 2 is 1.82 bits per heavy atom. The monoisotopic (exact) mass is 233 g/mol. The second kappa shape index (κ2) is 6.06. The lowest BCUT2D eigenvalue weighted by Gasteiger charge is -2.23. The first-order valence-electron chi connectivity index (χ1n) is 6.83. The maximum atomic E-state index is 10.0. The van der Waals surface area contributed by atoms with Crippen LogP contribution in [0.5, 0.6) is 0 Å². The average molecular weight is 233 g/mol. The number of nitrogens with one attached hydrogen (secondary N) is 1. The van der Waals surface area contributed by atoms with E-state index in [1.807, 2.05) is 0 Å². The summed E-state index contributed by atoms with van der Waals surface area (Å²) < 4.78 is 0. The van der Waals surface area contributed by atoms with Crippen molar-refractivity contribution in [2.45, 2.75) is 57.6 Å². The molecule has 1 aromatic carbocycles. The van der Waals surface area contributed by atoms with Gasteiger partial charge in [0, 0.05) is 5.69 Å². The number of benzene rings is 1. The van der Waals surface area contributed by atoms with Gasteiger partial charge in [-0.25, -0.2) is 0 Å². The summed E-state index contributed by atoms with van der Waals surface area (Å²) >= 11 is 0. The number of aliphatic hydroxyl groups is 1. The SMILES string of the molecule is CCc1ccc(NC2CCCCCC2O)cc1. The van der Waals surface area contributed by atoms with Crippen molar-refractivity contribution in [3.8, 4) is 0 Å². The molecule has 2 atom stereocenters. The van der Waals surface area contributed by atoms with E-state index in [-0.39, 0.29) is 12.1 Å². The maximum Gasteiger partial charge on any atom is 0.0741 e. The molecule has 0 aliphatic heterocycles. The van der Waals surface area contributed by atoms with Gasteiger partial charge in [0.25, 0.3) is 0 Å². The summed E-state index contributed by atoms with van der Waals surface area (Å²) in [6.07, 6.45) is 6.54. The van der Waals surface area contributed by atoms with Crippen molar-refractivity contribution in [3.63, 3.8) is 0 Å². The maximum absolute atomic E-state index is 10.0. The van der Waals surface area contributed by atoms with Crippen molar-refractivity contribution in [2.24, 2.45) is 0 Å². The molecule has 2 N–H and O–H groups in total. The van der Waals surface area contributed by atoms with E-state index in [0.717, 1.165) is 31.4 Å². The van der Waals surface area contributed by atoms with Crippen molar-refractivity contribution in [1.82, 2.24) is 0 Å². The number of rotatable bonds is 3. The topological polar surface area (TPSA) is 32.3 Å².